The predicted molar refractivity (Wildman–Crippen MR) is 71.5 cm³/mol. The molecule has 0 bridgehead atoms. The van der Waals surface area contributed by atoms with Gasteiger partial charge in [0.25, 0.3) is 0 Å². The molecule has 1 fully saturated rings. The molecule has 94 valence electrons. The Morgan fingerprint density at radius 2 is 2.06 bits per heavy atom. The van der Waals surface area contributed by atoms with Gasteiger partial charge in [-0.05, 0) is 36.8 Å². The van der Waals surface area contributed by atoms with Crippen LogP contribution in [0.3, 0.4) is 0 Å². The van der Waals surface area contributed by atoms with Crippen molar-refractivity contribution in [1.29, 1.82) is 0 Å². The quantitative estimate of drug-likeness (QED) is 0.571. The summed E-state index contributed by atoms with van der Waals surface area (Å²) in [6, 6.07) is 5.22. The van der Waals surface area contributed by atoms with E-state index in [1.807, 2.05) is 12.1 Å². The Morgan fingerprint density at radius 3 is 2.76 bits per heavy atom. The first kappa shape index (κ1) is 12.9. The largest absolute Gasteiger partial charge is 0.497 e. The molecule has 0 aromatic heterocycles. The Kier molecular flexibility index (Phi) is 4.43. The third kappa shape index (κ3) is 3.21. The first-order valence-electron chi connectivity index (χ1n) is 6.18. The molecule has 0 amide bonds. The van der Waals surface area contributed by atoms with Gasteiger partial charge in [0.15, 0.2) is 0 Å². The van der Waals surface area contributed by atoms with Crippen LogP contribution in [0.15, 0.2) is 18.2 Å². The van der Waals surface area contributed by atoms with Crippen molar-refractivity contribution < 1.29 is 9.13 Å². The maximum absolute atomic E-state index is 14.0. The van der Waals surface area contributed by atoms with Crippen molar-refractivity contribution in [2.45, 2.75) is 42.8 Å². The number of ether oxygens (including phenoxy) is 1. The van der Waals surface area contributed by atoms with Gasteiger partial charge < -0.3 is 4.74 Å². The fourth-order valence-electron chi connectivity index (χ4n) is 2.55. The van der Waals surface area contributed by atoms with E-state index in [-0.39, 0.29) is 5.82 Å². The highest BCUT2D eigenvalue weighted by molar-refractivity contribution is 9.09. The maximum Gasteiger partial charge on any atom is 0.130 e. The maximum atomic E-state index is 14.0. The summed E-state index contributed by atoms with van der Waals surface area (Å²) in [4.78, 5) is 0.525. The van der Waals surface area contributed by atoms with Crippen molar-refractivity contribution in [1.82, 2.24) is 0 Å². The molecule has 0 radical (unpaired) electrons. The Balaban J connectivity index is 2.20. The molecular formula is C14H18BrFO. The third-order valence-corrected chi connectivity index (χ3v) is 4.34. The molecule has 3 heteroatoms. The van der Waals surface area contributed by atoms with Crippen molar-refractivity contribution in [3.8, 4) is 5.75 Å². The molecule has 1 nitrogen and oxygen atoms in total. The molecule has 17 heavy (non-hydrogen) atoms. The van der Waals surface area contributed by atoms with E-state index in [0.29, 0.717) is 16.5 Å². The Bertz CT molecular complexity index is 380. The van der Waals surface area contributed by atoms with Crippen LogP contribution in [0, 0.1) is 5.82 Å². The summed E-state index contributed by atoms with van der Waals surface area (Å²) >= 11 is 3.68. The Labute approximate surface area is 110 Å². The van der Waals surface area contributed by atoms with Gasteiger partial charge in [0.05, 0.1) is 7.11 Å². The predicted octanol–water partition coefficient (Wildman–Crippen LogP) is 4.65. The van der Waals surface area contributed by atoms with Crippen molar-refractivity contribution in [2.75, 3.05) is 7.11 Å². The lowest BCUT2D eigenvalue weighted by Crippen LogP contribution is -2.06. The zero-order chi connectivity index (χ0) is 12.3. The standard InChI is InChI=1S/C14H18BrFO/c1-17-12-6-7-13(14(16)9-12)10-4-2-3-5-11(15)8-10/h6-7,9-11H,2-5,8H2,1H3. The lowest BCUT2D eigenvalue weighted by Gasteiger charge is -2.17. The first-order valence-corrected chi connectivity index (χ1v) is 7.09. The second kappa shape index (κ2) is 5.85. The molecule has 0 heterocycles. The molecular weight excluding hydrogens is 283 g/mol. The molecule has 1 saturated carbocycles. The highest BCUT2D eigenvalue weighted by Gasteiger charge is 2.22. The highest BCUT2D eigenvalue weighted by Crippen LogP contribution is 2.36. The van der Waals surface area contributed by atoms with E-state index in [0.717, 1.165) is 18.4 Å². The van der Waals surface area contributed by atoms with E-state index in [9.17, 15) is 4.39 Å². The topological polar surface area (TPSA) is 9.23 Å². The van der Waals surface area contributed by atoms with Gasteiger partial charge in [0.2, 0.25) is 0 Å². The monoisotopic (exact) mass is 300 g/mol. The van der Waals surface area contributed by atoms with Crippen molar-refractivity contribution in [3.05, 3.63) is 29.6 Å². The summed E-state index contributed by atoms with van der Waals surface area (Å²) in [5.41, 5.74) is 0.845. The van der Waals surface area contributed by atoms with Crippen LogP contribution in [0.2, 0.25) is 0 Å². The first-order chi connectivity index (χ1) is 8.20. The molecule has 0 aliphatic heterocycles. The number of alkyl halides is 1. The number of benzene rings is 1. The van der Waals surface area contributed by atoms with Gasteiger partial charge in [-0.15, -0.1) is 0 Å². The fourth-order valence-corrected chi connectivity index (χ4v) is 3.32. The lowest BCUT2D eigenvalue weighted by atomic mass is 9.91. The number of hydrogen-bond acceptors (Lipinski definition) is 1. The number of rotatable bonds is 2. The molecule has 0 spiro atoms. The molecule has 1 aromatic rings. The summed E-state index contributed by atoms with van der Waals surface area (Å²) in [7, 11) is 1.56. The van der Waals surface area contributed by atoms with E-state index in [1.54, 1.807) is 7.11 Å². The summed E-state index contributed by atoms with van der Waals surface area (Å²) in [5, 5.41) is 0. The number of methoxy groups -OCH3 is 1. The molecule has 2 rings (SSSR count). The smallest absolute Gasteiger partial charge is 0.130 e. The molecule has 1 aliphatic rings. The van der Waals surface area contributed by atoms with Crippen LogP contribution in [-0.2, 0) is 0 Å². The van der Waals surface area contributed by atoms with Gasteiger partial charge in [-0.2, -0.15) is 0 Å². The van der Waals surface area contributed by atoms with E-state index in [2.05, 4.69) is 15.9 Å². The zero-order valence-corrected chi connectivity index (χ0v) is 11.7. The highest BCUT2D eigenvalue weighted by atomic mass is 79.9. The van der Waals surface area contributed by atoms with Crippen LogP contribution >= 0.6 is 15.9 Å². The van der Waals surface area contributed by atoms with Crippen LogP contribution in [0.1, 0.15) is 43.6 Å². The average molecular weight is 301 g/mol. The average Bonchev–Trinajstić information content (AvgIpc) is 2.53. The van der Waals surface area contributed by atoms with E-state index >= 15 is 0 Å². The van der Waals surface area contributed by atoms with Crippen molar-refractivity contribution in [3.63, 3.8) is 0 Å². The molecule has 1 aromatic carbocycles. The summed E-state index contributed by atoms with van der Waals surface area (Å²) in [6.07, 6.45) is 5.76. The third-order valence-electron chi connectivity index (χ3n) is 3.51. The van der Waals surface area contributed by atoms with E-state index in [1.165, 1.54) is 25.3 Å². The van der Waals surface area contributed by atoms with Gasteiger partial charge >= 0.3 is 0 Å². The molecule has 2 atom stereocenters. The molecule has 0 saturated heterocycles. The SMILES string of the molecule is COc1ccc(C2CCCCC(Br)C2)c(F)c1. The second-order valence-electron chi connectivity index (χ2n) is 4.70. The Hall–Kier alpha value is -0.570. The summed E-state index contributed by atoms with van der Waals surface area (Å²) in [6.45, 7) is 0. The van der Waals surface area contributed by atoms with Crippen LogP contribution in [0.5, 0.6) is 5.75 Å². The van der Waals surface area contributed by atoms with Crippen molar-refractivity contribution in [2.24, 2.45) is 0 Å². The molecule has 0 N–H and O–H groups in total. The van der Waals surface area contributed by atoms with Crippen molar-refractivity contribution >= 4 is 15.9 Å². The summed E-state index contributed by atoms with van der Waals surface area (Å²) < 4.78 is 19.0. The van der Waals surface area contributed by atoms with Gasteiger partial charge in [-0.1, -0.05) is 34.8 Å². The second-order valence-corrected chi connectivity index (χ2v) is 6.00. The van der Waals surface area contributed by atoms with E-state index in [4.69, 9.17) is 4.74 Å². The van der Waals surface area contributed by atoms with Crippen LogP contribution in [-0.4, -0.2) is 11.9 Å². The number of hydrogen-bond donors (Lipinski definition) is 0. The minimum atomic E-state index is -0.129. The zero-order valence-electron chi connectivity index (χ0n) is 10.1. The minimum Gasteiger partial charge on any atom is -0.497 e. The molecule has 1 aliphatic carbocycles. The van der Waals surface area contributed by atoms with Gasteiger partial charge in [-0.3, -0.25) is 0 Å². The van der Waals surface area contributed by atoms with Gasteiger partial charge in [0, 0.05) is 10.9 Å². The van der Waals surface area contributed by atoms with E-state index < -0.39 is 0 Å². The van der Waals surface area contributed by atoms with Crippen LogP contribution < -0.4 is 4.74 Å². The summed E-state index contributed by atoms with van der Waals surface area (Å²) in [5.74, 6) is 0.805. The van der Waals surface area contributed by atoms with Gasteiger partial charge in [-0.25, -0.2) is 4.39 Å². The lowest BCUT2D eigenvalue weighted by molar-refractivity contribution is 0.409. The normalized spacial score (nSPS) is 25.4. The number of halogens is 2. The fraction of sp³-hybridized carbons (Fsp3) is 0.571. The van der Waals surface area contributed by atoms with Crippen LogP contribution in [0.4, 0.5) is 4.39 Å². The minimum absolute atomic E-state index is 0.129. The Morgan fingerprint density at radius 1 is 1.29 bits per heavy atom. The van der Waals surface area contributed by atoms with Crippen LogP contribution in [0.25, 0.3) is 0 Å². The van der Waals surface area contributed by atoms with Gasteiger partial charge in [0.1, 0.15) is 11.6 Å². The molecule has 2 unspecified atom stereocenters.